The van der Waals surface area contributed by atoms with Crippen LogP contribution in [0.2, 0.25) is 19.4 Å². The Kier molecular flexibility index (Phi) is 10.1. The molecule has 0 unspecified atom stereocenters. The zero-order valence-corrected chi connectivity index (χ0v) is 20.5. The third-order valence-corrected chi connectivity index (χ3v) is 38.5. The first-order valence-electron chi connectivity index (χ1n) is 8.22. The normalized spacial score (nSPS) is 19.3. The summed E-state index contributed by atoms with van der Waals surface area (Å²) in [4.78, 5) is 0. The predicted octanol–water partition coefficient (Wildman–Crippen LogP) is -0.234. The minimum atomic E-state index is -1.84. The third-order valence-electron chi connectivity index (χ3n) is 4.70. The molecule has 123 valence electrons. The van der Waals surface area contributed by atoms with Crippen molar-refractivity contribution in [2.45, 2.75) is 59.0 Å². The molecule has 0 aliphatic heterocycles. The maximum atomic E-state index is 2.64. The Balaban J connectivity index is 0.00000220. The second-order valence-electron chi connectivity index (χ2n) is 6.59. The van der Waals surface area contributed by atoms with Gasteiger partial charge in [-0.05, 0) is 0 Å². The second kappa shape index (κ2) is 9.81. The van der Waals surface area contributed by atoms with E-state index < -0.39 is 26.6 Å². The van der Waals surface area contributed by atoms with Crippen molar-refractivity contribution in [1.29, 1.82) is 0 Å². The summed E-state index contributed by atoms with van der Waals surface area (Å²) in [6.45, 7) is 9.99. The van der Waals surface area contributed by atoms with E-state index in [1.807, 2.05) is 0 Å². The van der Waals surface area contributed by atoms with Gasteiger partial charge in [0.05, 0.1) is 0 Å². The molecule has 0 heterocycles. The van der Waals surface area contributed by atoms with Gasteiger partial charge >= 0.3 is 134 Å². The predicted molar refractivity (Wildman–Crippen MR) is 90.6 cm³/mol. The molecule has 22 heavy (non-hydrogen) atoms. The van der Waals surface area contributed by atoms with Crippen LogP contribution in [0.25, 0.3) is 0 Å². The summed E-state index contributed by atoms with van der Waals surface area (Å²) >= 11 is -1.84. The van der Waals surface area contributed by atoms with Crippen LogP contribution in [0.4, 0.5) is 0 Å². The third kappa shape index (κ3) is 4.37. The van der Waals surface area contributed by atoms with Gasteiger partial charge in [0.15, 0.2) is 0 Å². The number of halogens is 2. The van der Waals surface area contributed by atoms with Crippen LogP contribution in [0.15, 0.2) is 48.6 Å². The molecule has 2 rings (SSSR count). The van der Waals surface area contributed by atoms with E-state index in [2.05, 4.69) is 75.5 Å². The molecular weight excluding hydrogens is 494 g/mol. The van der Waals surface area contributed by atoms with Crippen molar-refractivity contribution in [2.75, 3.05) is 0 Å². The van der Waals surface area contributed by atoms with E-state index in [4.69, 9.17) is 0 Å². The van der Waals surface area contributed by atoms with Crippen molar-refractivity contribution in [3.05, 3.63) is 48.6 Å². The van der Waals surface area contributed by atoms with Crippen LogP contribution in [-0.2, 0) is 20.6 Å². The van der Waals surface area contributed by atoms with Gasteiger partial charge in [0, 0.05) is 0 Å². The molecule has 0 fully saturated rings. The molecule has 0 atom stereocenters. The molecule has 0 saturated heterocycles. The summed E-state index contributed by atoms with van der Waals surface area (Å²) in [6, 6.07) is 0. The van der Waals surface area contributed by atoms with Crippen LogP contribution in [-0.4, -0.2) is 5.98 Å². The molecule has 0 spiro atoms. The topological polar surface area (TPSA) is 0 Å². The molecule has 0 aromatic carbocycles. The fourth-order valence-corrected chi connectivity index (χ4v) is 46.0. The zero-order valence-electron chi connectivity index (χ0n) is 14.3. The average molecular weight is 523 g/mol. The van der Waals surface area contributed by atoms with Crippen LogP contribution >= 0.6 is 0 Å². The Hall–Kier alpha value is 0.627. The summed E-state index contributed by atoms with van der Waals surface area (Å²) < 4.78 is 1.04. The Morgan fingerprint density at radius 3 is 1.27 bits per heavy atom. The minimum Gasteiger partial charge on any atom is -1.00 e. The number of hydrogen-bond donors (Lipinski definition) is 0. The van der Waals surface area contributed by atoms with E-state index in [1.54, 1.807) is 0 Å². The maximum Gasteiger partial charge on any atom is -1.00 e. The van der Waals surface area contributed by atoms with Crippen LogP contribution in [0.3, 0.4) is 0 Å². The van der Waals surface area contributed by atoms with Gasteiger partial charge < -0.3 is 24.8 Å². The van der Waals surface area contributed by atoms with Crippen molar-refractivity contribution in [3.63, 3.8) is 0 Å². The molecule has 0 N–H and O–H groups in total. The molecule has 0 amide bonds. The Bertz CT molecular complexity index is 390. The Labute approximate surface area is 158 Å². The number of allylic oxidation sites excluding steroid dienone is 8. The molecule has 0 nitrogen and oxygen atoms in total. The van der Waals surface area contributed by atoms with Gasteiger partial charge in [-0.3, -0.25) is 0 Å². The summed E-state index contributed by atoms with van der Waals surface area (Å²) in [5.41, 5.74) is 0. The molecule has 2 aliphatic carbocycles. The van der Waals surface area contributed by atoms with E-state index >= 15 is 0 Å². The van der Waals surface area contributed by atoms with E-state index in [-0.39, 0.29) is 24.8 Å². The van der Waals surface area contributed by atoms with E-state index in [1.165, 1.54) is 25.7 Å². The minimum absolute atomic E-state index is 0. The molecule has 4 heteroatoms. The Morgan fingerprint density at radius 2 is 1.05 bits per heavy atom. The number of rotatable bonds is 7. The van der Waals surface area contributed by atoms with Gasteiger partial charge in [-0.25, -0.2) is 0 Å². The van der Waals surface area contributed by atoms with Gasteiger partial charge in [-0.2, -0.15) is 0 Å². The zero-order chi connectivity index (χ0) is 14.6. The van der Waals surface area contributed by atoms with E-state index in [0.717, 1.165) is 0 Å². The monoisotopic (exact) mass is 523 g/mol. The number of hydrogen-bond acceptors (Lipinski definition) is 0. The first-order chi connectivity index (χ1) is 9.60. The molecular formula is C18H29Cl2HfSi. The summed E-state index contributed by atoms with van der Waals surface area (Å²) in [7, 11) is 0. The summed E-state index contributed by atoms with van der Waals surface area (Å²) in [5.74, 6) is -0.581. The van der Waals surface area contributed by atoms with Crippen LogP contribution in [0.1, 0.15) is 39.5 Å². The largest absolute Gasteiger partial charge is 1.00 e. The summed E-state index contributed by atoms with van der Waals surface area (Å²) in [5, 5.41) is 0. The van der Waals surface area contributed by atoms with Crippen molar-refractivity contribution in [1.82, 2.24) is 0 Å². The van der Waals surface area contributed by atoms with Crippen LogP contribution in [0, 0.1) is 0 Å². The van der Waals surface area contributed by atoms with Gasteiger partial charge in [-0.15, -0.1) is 0 Å². The van der Waals surface area contributed by atoms with Crippen molar-refractivity contribution in [3.8, 4) is 0 Å². The molecule has 0 bridgehead atoms. The van der Waals surface area contributed by atoms with Crippen LogP contribution in [0.5, 0.6) is 0 Å². The summed E-state index contributed by atoms with van der Waals surface area (Å²) in [6.07, 6.45) is 25.1. The molecule has 0 aromatic heterocycles. The SMILES string of the molecule is CCC[C]1([Hf+2]([SiH](C)C)[C]2(CCC)C=CC=C2)C=CC=C1.[Cl-].[Cl-]. The maximum absolute atomic E-state index is 2.64. The van der Waals surface area contributed by atoms with Crippen molar-refractivity contribution >= 4 is 5.98 Å². The van der Waals surface area contributed by atoms with Crippen molar-refractivity contribution in [2.24, 2.45) is 0 Å². The fraction of sp³-hybridized carbons (Fsp3) is 0.556. The van der Waals surface area contributed by atoms with Gasteiger partial charge in [0.2, 0.25) is 0 Å². The second-order valence-corrected chi connectivity index (χ2v) is 35.7. The first-order valence-corrected chi connectivity index (χ1v) is 20.9. The Morgan fingerprint density at radius 1 is 0.727 bits per heavy atom. The fourth-order valence-electron chi connectivity index (χ4n) is 4.32. The quantitative estimate of drug-likeness (QED) is 0.405. The standard InChI is InChI=1S/2C8H11.C2H7Si.2ClH.Hf/c2*1-2-5-8-6-3-4-7-8;1-3-2;;;/h2*3-4,6-7H,2,5H2,1H3;3H,1-2H3;2*1H;/q;;;;;+2/p-2. The van der Waals surface area contributed by atoms with E-state index in [9.17, 15) is 0 Å². The molecule has 0 saturated carbocycles. The average Bonchev–Trinajstić information content (AvgIpc) is 3.01. The molecule has 0 aromatic rings. The molecule has 2 aliphatic rings. The van der Waals surface area contributed by atoms with Gasteiger partial charge in [0.1, 0.15) is 0 Å². The smallest absolute Gasteiger partial charge is 1.00 e. The van der Waals surface area contributed by atoms with E-state index in [0.29, 0.717) is 6.34 Å². The first kappa shape index (κ1) is 22.6. The van der Waals surface area contributed by atoms with Gasteiger partial charge in [-0.1, -0.05) is 0 Å². The molecule has 0 radical (unpaired) electrons. The van der Waals surface area contributed by atoms with Gasteiger partial charge in [0.25, 0.3) is 0 Å². The van der Waals surface area contributed by atoms with Crippen LogP contribution < -0.4 is 24.8 Å². The van der Waals surface area contributed by atoms with Crippen molar-refractivity contribution < 1.29 is 45.4 Å².